The summed E-state index contributed by atoms with van der Waals surface area (Å²) in [7, 11) is 0. The first kappa shape index (κ1) is 16.9. The van der Waals surface area contributed by atoms with E-state index >= 15 is 0 Å². The molecule has 0 saturated heterocycles. The van der Waals surface area contributed by atoms with Crippen LogP contribution in [0.15, 0.2) is 24.3 Å². The monoisotopic (exact) mass is 296 g/mol. The Balaban J connectivity index is 2.57. The van der Waals surface area contributed by atoms with Crippen LogP contribution < -0.4 is 10.6 Å². The molecule has 0 fully saturated rings. The molecule has 1 aromatic rings. The average molecular weight is 296 g/mol. The van der Waals surface area contributed by atoms with Crippen LogP contribution in [-0.4, -0.2) is 29.5 Å². The molecule has 3 N–H and O–H groups in total. The summed E-state index contributed by atoms with van der Waals surface area (Å²) in [6.45, 7) is 3.80. The molecular weight excluding hydrogens is 272 g/mol. The summed E-state index contributed by atoms with van der Waals surface area (Å²) in [5.74, 6) is 0.964. The molecule has 5 heteroatoms. The molecule has 2 amide bonds. The number of hydrogen-bond acceptors (Lipinski definition) is 3. The highest BCUT2D eigenvalue weighted by Crippen LogP contribution is 2.15. The van der Waals surface area contributed by atoms with Crippen molar-refractivity contribution in [3.05, 3.63) is 29.8 Å². The summed E-state index contributed by atoms with van der Waals surface area (Å²) in [6.07, 6.45) is 3.70. The van der Waals surface area contributed by atoms with E-state index in [4.69, 9.17) is 0 Å². The Labute approximate surface area is 125 Å². The number of aliphatic hydroxyl groups is 1. The van der Waals surface area contributed by atoms with Crippen molar-refractivity contribution in [2.24, 2.45) is 0 Å². The van der Waals surface area contributed by atoms with Gasteiger partial charge in [0.05, 0.1) is 12.1 Å². The van der Waals surface area contributed by atoms with E-state index in [9.17, 15) is 9.90 Å². The third-order valence-corrected chi connectivity index (χ3v) is 3.71. The van der Waals surface area contributed by atoms with Crippen molar-refractivity contribution in [3.63, 3.8) is 0 Å². The predicted octanol–water partition coefficient (Wildman–Crippen LogP) is 3.22. The van der Waals surface area contributed by atoms with Crippen LogP contribution in [-0.2, 0) is 5.75 Å². The number of carbonyl (C=O) groups excluding carboxylic acids is 1. The van der Waals surface area contributed by atoms with Crippen LogP contribution in [0.3, 0.4) is 0 Å². The zero-order chi connectivity index (χ0) is 15.0. The lowest BCUT2D eigenvalue weighted by Gasteiger charge is -2.28. The van der Waals surface area contributed by atoms with E-state index in [-0.39, 0.29) is 12.6 Å². The Morgan fingerprint density at radius 1 is 1.35 bits per heavy atom. The van der Waals surface area contributed by atoms with Gasteiger partial charge >= 0.3 is 6.03 Å². The summed E-state index contributed by atoms with van der Waals surface area (Å²) >= 11 is 1.76. The van der Waals surface area contributed by atoms with Crippen LogP contribution >= 0.6 is 11.8 Å². The zero-order valence-corrected chi connectivity index (χ0v) is 13.2. The summed E-state index contributed by atoms with van der Waals surface area (Å²) < 4.78 is 0. The topological polar surface area (TPSA) is 61.4 Å². The maximum absolute atomic E-state index is 11.9. The van der Waals surface area contributed by atoms with Crippen LogP contribution in [0.1, 0.15) is 32.3 Å². The average Bonchev–Trinajstić information content (AvgIpc) is 2.41. The van der Waals surface area contributed by atoms with Gasteiger partial charge in [0.1, 0.15) is 0 Å². The highest BCUT2D eigenvalue weighted by Gasteiger charge is 2.24. The quantitative estimate of drug-likeness (QED) is 0.724. The van der Waals surface area contributed by atoms with Crippen LogP contribution in [0.4, 0.5) is 10.5 Å². The summed E-state index contributed by atoms with van der Waals surface area (Å²) in [5.41, 5.74) is 1.41. The van der Waals surface area contributed by atoms with Gasteiger partial charge in [-0.25, -0.2) is 4.79 Å². The zero-order valence-electron chi connectivity index (χ0n) is 12.4. The van der Waals surface area contributed by atoms with Crippen LogP contribution in [0.5, 0.6) is 0 Å². The van der Waals surface area contributed by atoms with E-state index in [2.05, 4.69) is 16.9 Å². The number of rotatable bonds is 7. The second-order valence-electron chi connectivity index (χ2n) is 5.18. The molecule has 0 heterocycles. The van der Waals surface area contributed by atoms with Gasteiger partial charge in [-0.15, -0.1) is 0 Å². The van der Waals surface area contributed by atoms with Crippen LogP contribution in [0.25, 0.3) is 0 Å². The molecule has 0 aliphatic carbocycles. The molecule has 1 unspecified atom stereocenters. The number of carbonyl (C=O) groups is 1. The van der Waals surface area contributed by atoms with Crippen LogP contribution in [0, 0.1) is 0 Å². The molecule has 112 valence electrons. The van der Waals surface area contributed by atoms with Gasteiger partial charge in [-0.2, -0.15) is 11.8 Å². The van der Waals surface area contributed by atoms with Crippen molar-refractivity contribution in [2.45, 2.75) is 38.0 Å². The molecule has 1 aromatic carbocycles. The number of anilines is 1. The molecule has 20 heavy (non-hydrogen) atoms. The van der Waals surface area contributed by atoms with Gasteiger partial charge in [0.25, 0.3) is 0 Å². The van der Waals surface area contributed by atoms with E-state index in [0.29, 0.717) is 0 Å². The first-order chi connectivity index (χ1) is 9.53. The minimum atomic E-state index is -0.572. The third-order valence-electron chi connectivity index (χ3n) is 3.09. The van der Waals surface area contributed by atoms with Crippen LogP contribution in [0.2, 0.25) is 0 Å². The Morgan fingerprint density at radius 3 is 2.50 bits per heavy atom. The Morgan fingerprint density at radius 2 is 2.00 bits per heavy atom. The normalized spacial score (nSPS) is 13.6. The van der Waals surface area contributed by atoms with Crippen molar-refractivity contribution in [1.82, 2.24) is 5.32 Å². The molecule has 4 nitrogen and oxygen atoms in total. The van der Waals surface area contributed by atoms with Crippen molar-refractivity contribution < 1.29 is 9.90 Å². The third kappa shape index (κ3) is 5.43. The minimum absolute atomic E-state index is 0.0685. The minimum Gasteiger partial charge on any atom is -0.394 e. The summed E-state index contributed by atoms with van der Waals surface area (Å²) in [6, 6.07) is 7.50. The summed E-state index contributed by atoms with van der Waals surface area (Å²) in [4.78, 5) is 11.9. The number of amides is 2. The van der Waals surface area contributed by atoms with E-state index < -0.39 is 5.54 Å². The second-order valence-corrected chi connectivity index (χ2v) is 6.04. The summed E-state index contributed by atoms with van der Waals surface area (Å²) in [5, 5.41) is 15.0. The Hall–Kier alpha value is -1.20. The number of nitrogens with one attached hydrogen (secondary N) is 2. The lowest BCUT2D eigenvalue weighted by atomic mass is 9.98. The maximum Gasteiger partial charge on any atom is 0.319 e. The van der Waals surface area contributed by atoms with E-state index in [1.54, 1.807) is 11.8 Å². The lowest BCUT2D eigenvalue weighted by Crippen LogP contribution is -2.50. The van der Waals surface area contributed by atoms with Gasteiger partial charge in [0.2, 0.25) is 0 Å². The van der Waals surface area contributed by atoms with E-state index in [1.807, 2.05) is 38.1 Å². The Kier molecular flexibility index (Phi) is 6.88. The van der Waals surface area contributed by atoms with Gasteiger partial charge in [-0.3, -0.25) is 0 Å². The number of thioether (sulfide) groups is 1. The van der Waals surface area contributed by atoms with Crippen molar-refractivity contribution >= 4 is 23.5 Å². The highest BCUT2D eigenvalue weighted by molar-refractivity contribution is 7.97. The standard InChI is InChI=1S/C15H24N2O2S/c1-4-9-15(2,11-18)17-14(19)16-13-7-5-12(6-8-13)10-20-3/h5-8,18H,4,9-11H2,1-3H3,(H2,16,17,19). The molecule has 0 radical (unpaired) electrons. The molecule has 1 rings (SSSR count). The first-order valence-corrected chi connectivity index (χ1v) is 8.20. The second kappa shape index (κ2) is 8.17. The molecule has 0 aromatic heterocycles. The fourth-order valence-electron chi connectivity index (χ4n) is 2.02. The van der Waals surface area contributed by atoms with Crippen molar-refractivity contribution in [3.8, 4) is 0 Å². The molecular formula is C15H24N2O2S. The highest BCUT2D eigenvalue weighted by atomic mass is 32.2. The van der Waals surface area contributed by atoms with E-state index in [0.717, 1.165) is 24.3 Å². The lowest BCUT2D eigenvalue weighted by molar-refractivity contribution is 0.167. The SMILES string of the molecule is CCCC(C)(CO)NC(=O)Nc1ccc(CSC)cc1. The number of hydrogen-bond donors (Lipinski definition) is 3. The Bertz CT molecular complexity index is 422. The number of aliphatic hydroxyl groups excluding tert-OH is 1. The smallest absolute Gasteiger partial charge is 0.319 e. The van der Waals surface area contributed by atoms with E-state index in [1.165, 1.54) is 5.56 Å². The molecule has 1 atom stereocenters. The molecule has 0 aliphatic rings. The van der Waals surface area contributed by atoms with Gasteiger partial charge < -0.3 is 15.7 Å². The van der Waals surface area contributed by atoms with Crippen molar-refractivity contribution in [2.75, 3.05) is 18.2 Å². The fourth-order valence-corrected chi connectivity index (χ4v) is 2.55. The van der Waals surface area contributed by atoms with Gasteiger partial charge in [0.15, 0.2) is 0 Å². The van der Waals surface area contributed by atoms with Gasteiger partial charge in [0, 0.05) is 11.4 Å². The van der Waals surface area contributed by atoms with Crippen molar-refractivity contribution in [1.29, 1.82) is 0 Å². The maximum atomic E-state index is 11.9. The molecule has 0 saturated carbocycles. The first-order valence-electron chi connectivity index (χ1n) is 6.81. The number of urea groups is 1. The van der Waals surface area contributed by atoms with Gasteiger partial charge in [-0.1, -0.05) is 25.5 Å². The van der Waals surface area contributed by atoms with Gasteiger partial charge in [-0.05, 0) is 37.3 Å². The largest absolute Gasteiger partial charge is 0.394 e. The molecule has 0 aliphatic heterocycles. The predicted molar refractivity (Wildman–Crippen MR) is 86.2 cm³/mol. The molecule has 0 bridgehead atoms. The fraction of sp³-hybridized carbons (Fsp3) is 0.533. The molecule has 0 spiro atoms. The number of benzene rings is 1.